The van der Waals surface area contributed by atoms with E-state index in [1.807, 2.05) is 78.9 Å². The highest BCUT2D eigenvalue weighted by Crippen LogP contribution is 2.26. The molecule has 0 fully saturated rings. The van der Waals surface area contributed by atoms with Gasteiger partial charge in [-0.2, -0.15) is 10.3 Å². The number of nitrogens with two attached hydrogens (primary N) is 1. The number of aromatic nitrogens is 4. The molecule has 2 aromatic heterocycles. The Labute approximate surface area is 189 Å². The van der Waals surface area contributed by atoms with Crippen molar-refractivity contribution < 1.29 is 9.53 Å². The molecule has 0 radical (unpaired) electrons. The van der Waals surface area contributed by atoms with Gasteiger partial charge in [0.1, 0.15) is 12.4 Å². The molecule has 0 unspecified atom stereocenters. The van der Waals surface area contributed by atoms with E-state index in [-0.39, 0.29) is 5.91 Å². The number of nitrogens with zero attached hydrogens (tertiary/aromatic N) is 3. The van der Waals surface area contributed by atoms with Crippen LogP contribution in [0.2, 0.25) is 0 Å². The van der Waals surface area contributed by atoms with Crippen LogP contribution >= 0.6 is 0 Å². The third kappa shape index (κ3) is 4.49. The van der Waals surface area contributed by atoms with Crippen molar-refractivity contribution in [2.45, 2.75) is 6.61 Å². The molecule has 4 N–H and O–H groups in total. The number of hydrogen-bond acceptors (Lipinski definition) is 6. The number of nitrogen functional groups attached to an aromatic ring is 1. The predicted molar refractivity (Wildman–Crippen MR) is 127 cm³/mol. The highest BCUT2D eigenvalue weighted by Gasteiger charge is 2.11. The average molecular weight is 436 g/mol. The number of H-pyrrole nitrogens is 1. The second-order valence-electron chi connectivity index (χ2n) is 7.43. The van der Waals surface area contributed by atoms with Crippen LogP contribution in [0.15, 0.2) is 84.9 Å². The molecule has 3 aromatic carbocycles. The lowest BCUT2D eigenvalue weighted by atomic mass is 10.0. The number of aromatic amines is 1. The lowest BCUT2D eigenvalue weighted by Crippen LogP contribution is -2.11. The molecule has 5 aromatic rings. The van der Waals surface area contributed by atoms with Crippen molar-refractivity contribution in [1.29, 1.82) is 0 Å². The van der Waals surface area contributed by atoms with Crippen molar-refractivity contribution in [2.75, 3.05) is 11.1 Å². The Morgan fingerprint density at radius 3 is 2.55 bits per heavy atom. The van der Waals surface area contributed by atoms with Gasteiger partial charge in [-0.25, -0.2) is 4.98 Å². The van der Waals surface area contributed by atoms with Crippen LogP contribution in [-0.4, -0.2) is 26.3 Å². The molecule has 2 heterocycles. The van der Waals surface area contributed by atoms with E-state index >= 15 is 0 Å². The number of hydrogen-bond donors (Lipinski definition) is 3. The van der Waals surface area contributed by atoms with E-state index in [1.165, 1.54) is 0 Å². The van der Waals surface area contributed by atoms with E-state index in [4.69, 9.17) is 10.5 Å². The minimum Gasteiger partial charge on any atom is -0.486 e. The molecule has 0 saturated heterocycles. The summed E-state index contributed by atoms with van der Waals surface area (Å²) in [5.41, 5.74) is 11.1. The first kappa shape index (κ1) is 20.2. The Kier molecular flexibility index (Phi) is 5.38. The molecule has 8 nitrogen and oxygen atoms in total. The zero-order valence-corrected chi connectivity index (χ0v) is 17.5. The van der Waals surface area contributed by atoms with Gasteiger partial charge in [0.2, 0.25) is 5.65 Å². The van der Waals surface area contributed by atoms with Crippen molar-refractivity contribution >= 4 is 28.6 Å². The number of nitrogens with one attached hydrogen (secondary N) is 2. The van der Waals surface area contributed by atoms with E-state index in [1.54, 1.807) is 6.07 Å². The van der Waals surface area contributed by atoms with Crippen LogP contribution in [0.5, 0.6) is 5.75 Å². The molecule has 0 atom stereocenters. The number of fused-ring (bicyclic) bond motifs is 1. The number of amides is 1. The van der Waals surface area contributed by atoms with Gasteiger partial charge in [0.25, 0.3) is 5.91 Å². The smallest absolute Gasteiger partial charge is 0.255 e. The highest BCUT2D eigenvalue weighted by molar-refractivity contribution is 6.04. The molecule has 0 aliphatic heterocycles. The minimum atomic E-state index is -0.148. The zero-order chi connectivity index (χ0) is 22.6. The molecule has 0 aliphatic carbocycles. The Morgan fingerprint density at radius 1 is 0.909 bits per heavy atom. The van der Waals surface area contributed by atoms with Crippen molar-refractivity contribution in [3.8, 4) is 16.9 Å². The molecule has 33 heavy (non-hydrogen) atoms. The summed E-state index contributed by atoms with van der Waals surface area (Å²) in [7, 11) is 0. The minimum absolute atomic E-state index is 0.148. The number of benzene rings is 3. The SMILES string of the molecule is Nc1cc(OCc2cccc(-c3ccc(C(=O)Nc4ccccc4)cc3)c2)c2n[nH]nc2n1. The summed E-state index contributed by atoms with van der Waals surface area (Å²) in [6, 6.07) is 26.5. The van der Waals surface area contributed by atoms with Crippen molar-refractivity contribution in [1.82, 2.24) is 20.4 Å². The molecule has 0 aliphatic rings. The zero-order valence-electron chi connectivity index (χ0n) is 17.5. The molecular weight excluding hydrogens is 416 g/mol. The third-order valence-corrected chi connectivity index (χ3v) is 5.11. The largest absolute Gasteiger partial charge is 0.486 e. The summed E-state index contributed by atoms with van der Waals surface area (Å²) in [6.07, 6.45) is 0. The maximum Gasteiger partial charge on any atom is 0.255 e. The van der Waals surface area contributed by atoms with Gasteiger partial charge in [0.15, 0.2) is 11.3 Å². The summed E-state index contributed by atoms with van der Waals surface area (Å²) in [6.45, 7) is 0.330. The topological polar surface area (TPSA) is 119 Å². The standard InChI is InChI=1S/C25H20N6O2/c26-22-14-21(23-24(28-22)30-31-29-23)33-15-16-5-4-6-19(13-16)17-9-11-18(12-10-17)25(32)27-20-7-2-1-3-8-20/h1-14H,15H2,(H,27,32)(H3,26,28,29,30,31). The summed E-state index contributed by atoms with van der Waals surface area (Å²) < 4.78 is 5.95. The van der Waals surface area contributed by atoms with Crippen LogP contribution in [0, 0.1) is 0 Å². The Bertz CT molecular complexity index is 1410. The number of pyridine rings is 1. The number of carbonyl (C=O) groups is 1. The van der Waals surface area contributed by atoms with Gasteiger partial charge in [-0.3, -0.25) is 4.79 Å². The first-order valence-corrected chi connectivity index (χ1v) is 10.3. The first-order chi connectivity index (χ1) is 16.2. The summed E-state index contributed by atoms with van der Waals surface area (Å²) in [5.74, 6) is 0.688. The molecule has 0 saturated carbocycles. The van der Waals surface area contributed by atoms with Crippen LogP contribution in [0.3, 0.4) is 0 Å². The van der Waals surface area contributed by atoms with Crippen LogP contribution < -0.4 is 15.8 Å². The Balaban J connectivity index is 1.29. The van der Waals surface area contributed by atoms with E-state index in [9.17, 15) is 4.79 Å². The van der Waals surface area contributed by atoms with Crippen LogP contribution in [-0.2, 0) is 6.61 Å². The number of anilines is 2. The fourth-order valence-electron chi connectivity index (χ4n) is 3.48. The van der Waals surface area contributed by atoms with E-state index < -0.39 is 0 Å². The van der Waals surface area contributed by atoms with Gasteiger partial charge in [-0.15, -0.1) is 5.10 Å². The normalized spacial score (nSPS) is 10.8. The van der Waals surface area contributed by atoms with Crippen LogP contribution in [0.1, 0.15) is 15.9 Å². The van der Waals surface area contributed by atoms with Gasteiger partial charge in [-0.1, -0.05) is 48.5 Å². The molecule has 0 spiro atoms. The summed E-state index contributed by atoms with van der Waals surface area (Å²) in [5, 5.41) is 13.5. The number of rotatable bonds is 6. The molecule has 1 amide bonds. The second-order valence-corrected chi connectivity index (χ2v) is 7.43. The van der Waals surface area contributed by atoms with Gasteiger partial charge in [0.05, 0.1) is 0 Å². The van der Waals surface area contributed by atoms with Crippen LogP contribution in [0.4, 0.5) is 11.5 Å². The molecular formula is C25H20N6O2. The fraction of sp³-hybridized carbons (Fsp3) is 0.0400. The maximum atomic E-state index is 12.5. The molecule has 5 rings (SSSR count). The summed E-state index contributed by atoms with van der Waals surface area (Å²) in [4.78, 5) is 16.6. The van der Waals surface area contributed by atoms with Crippen LogP contribution in [0.25, 0.3) is 22.3 Å². The Hall–Kier alpha value is -4.72. The summed E-state index contributed by atoms with van der Waals surface area (Å²) >= 11 is 0. The van der Waals surface area contributed by atoms with E-state index in [0.29, 0.717) is 34.9 Å². The maximum absolute atomic E-state index is 12.5. The number of carbonyl (C=O) groups excluding carboxylic acids is 1. The average Bonchev–Trinajstić information content (AvgIpc) is 3.32. The third-order valence-electron chi connectivity index (χ3n) is 5.11. The predicted octanol–water partition coefficient (Wildman–Crippen LogP) is 4.43. The van der Waals surface area contributed by atoms with Crippen molar-refractivity contribution in [2.24, 2.45) is 0 Å². The van der Waals surface area contributed by atoms with E-state index in [2.05, 4.69) is 25.7 Å². The molecule has 0 bridgehead atoms. The molecule has 162 valence electrons. The monoisotopic (exact) mass is 436 g/mol. The molecule has 8 heteroatoms. The van der Waals surface area contributed by atoms with E-state index in [0.717, 1.165) is 22.4 Å². The highest BCUT2D eigenvalue weighted by atomic mass is 16.5. The Morgan fingerprint density at radius 2 is 1.73 bits per heavy atom. The fourth-order valence-corrected chi connectivity index (χ4v) is 3.48. The van der Waals surface area contributed by atoms with Gasteiger partial charge < -0.3 is 15.8 Å². The quantitative estimate of drug-likeness (QED) is 0.362. The first-order valence-electron chi connectivity index (χ1n) is 10.3. The van der Waals surface area contributed by atoms with Gasteiger partial charge >= 0.3 is 0 Å². The number of ether oxygens (including phenoxy) is 1. The second kappa shape index (κ2) is 8.80. The number of para-hydroxylation sites is 1. The van der Waals surface area contributed by atoms with Crippen molar-refractivity contribution in [3.05, 3.63) is 96.1 Å². The van der Waals surface area contributed by atoms with Gasteiger partial charge in [0, 0.05) is 17.3 Å². The lowest BCUT2D eigenvalue weighted by Gasteiger charge is -2.10. The lowest BCUT2D eigenvalue weighted by molar-refractivity contribution is 0.102. The van der Waals surface area contributed by atoms with Crippen molar-refractivity contribution in [3.63, 3.8) is 0 Å². The van der Waals surface area contributed by atoms with Gasteiger partial charge in [-0.05, 0) is 47.0 Å².